The van der Waals surface area contributed by atoms with Crippen LogP contribution in [0.25, 0.3) is 11.2 Å². The van der Waals surface area contributed by atoms with E-state index < -0.39 is 23.5 Å². The number of carbonyl (C=O) groups excluding carboxylic acids is 3. The van der Waals surface area contributed by atoms with Crippen molar-refractivity contribution in [2.24, 2.45) is 0 Å². The molecule has 0 aliphatic carbocycles. The smallest absolute Gasteiger partial charge is 0.326 e. The number of ketones is 2. The zero-order valence-electron chi connectivity index (χ0n) is 31.0. The van der Waals surface area contributed by atoms with E-state index in [-0.39, 0.29) is 60.0 Å². The Morgan fingerprint density at radius 2 is 1.35 bits per heavy atom. The number of aliphatic carboxylic acids is 1. The molecule has 302 valence electrons. The largest absolute Gasteiger partial charge is 0.480 e. The van der Waals surface area contributed by atoms with Gasteiger partial charge >= 0.3 is 5.97 Å². The van der Waals surface area contributed by atoms with E-state index in [2.05, 4.69) is 30.6 Å². The number of hydrogen-bond acceptors (Lipinski definition) is 16. The van der Waals surface area contributed by atoms with Gasteiger partial charge in [0.25, 0.3) is 11.5 Å². The van der Waals surface area contributed by atoms with Gasteiger partial charge in [0.2, 0.25) is 5.95 Å². The highest BCUT2D eigenvalue weighted by Crippen LogP contribution is 2.13. The molecule has 2 aromatic heterocycles. The number of amides is 1. The second-order valence-corrected chi connectivity index (χ2v) is 12.1. The lowest BCUT2D eigenvalue weighted by Crippen LogP contribution is -2.41. The number of rotatable bonds is 31. The summed E-state index contributed by atoms with van der Waals surface area (Å²) in [5, 5.41) is 15.2. The first-order valence-corrected chi connectivity index (χ1v) is 18.0. The van der Waals surface area contributed by atoms with E-state index in [9.17, 15) is 29.1 Å². The van der Waals surface area contributed by atoms with E-state index >= 15 is 0 Å². The highest BCUT2D eigenvalue weighted by Gasteiger charge is 2.22. The second kappa shape index (κ2) is 26.0. The van der Waals surface area contributed by atoms with Crippen molar-refractivity contribution in [3.8, 4) is 0 Å². The number of Topliss-reactive ketones (excluding diaryl/α,β-unsaturated/α-hetero) is 2. The van der Waals surface area contributed by atoms with E-state index in [1.165, 1.54) is 25.3 Å². The van der Waals surface area contributed by atoms with Gasteiger partial charge in [-0.3, -0.25) is 24.2 Å². The summed E-state index contributed by atoms with van der Waals surface area (Å²) >= 11 is 0. The SMILES string of the molecule is CC(=O)CCOCCOCCOCCOCCOCCOCCCC(=O)CC[C@H](NC(=O)c1ccc(NCc2cnc3nc(N)[nH]c(=O)c3n2)cc1)C(=O)O. The number of carboxylic acids is 1. The van der Waals surface area contributed by atoms with Gasteiger partial charge in [0, 0.05) is 37.1 Å². The van der Waals surface area contributed by atoms with Crippen molar-refractivity contribution >= 4 is 46.2 Å². The molecule has 0 saturated carbocycles. The number of aromatic nitrogens is 4. The molecule has 2 heterocycles. The molecule has 1 amide bonds. The van der Waals surface area contributed by atoms with Crippen LogP contribution in [0, 0.1) is 0 Å². The van der Waals surface area contributed by atoms with Crippen LogP contribution in [0.2, 0.25) is 0 Å². The minimum atomic E-state index is -1.24. The third-order valence-electron chi connectivity index (χ3n) is 7.62. The van der Waals surface area contributed by atoms with Gasteiger partial charge in [0.05, 0.1) is 91.1 Å². The molecule has 0 bridgehead atoms. The van der Waals surface area contributed by atoms with Crippen LogP contribution in [0.4, 0.5) is 11.6 Å². The Bertz CT molecular complexity index is 1690. The number of carbonyl (C=O) groups is 4. The fraction of sp³-hybridized carbons (Fsp3) is 0.556. The maximum Gasteiger partial charge on any atom is 0.326 e. The molecular weight excluding hydrogens is 722 g/mol. The van der Waals surface area contributed by atoms with Crippen molar-refractivity contribution in [2.75, 3.05) is 90.3 Å². The van der Waals surface area contributed by atoms with Crippen LogP contribution in [-0.4, -0.2) is 134 Å². The monoisotopic (exact) mass is 773 g/mol. The van der Waals surface area contributed by atoms with Crippen molar-refractivity contribution in [3.63, 3.8) is 0 Å². The summed E-state index contributed by atoms with van der Waals surface area (Å²) in [6.07, 6.45) is 2.53. The molecule has 0 aliphatic rings. The molecule has 1 aromatic carbocycles. The van der Waals surface area contributed by atoms with E-state index in [0.717, 1.165) is 0 Å². The van der Waals surface area contributed by atoms with Gasteiger partial charge in [-0.15, -0.1) is 0 Å². The molecule has 0 aliphatic heterocycles. The minimum Gasteiger partial charge on any atom is -0.480 e. The van der Waals surface area contributed by atoms with Crippen LogP contribution < -0.4 is 21.9 Å². The standard InChI is InChI=1S/C36H51N7O12/c1-25(44)10-12-51-14-16-53-18-20-55-22-21-54-19-17-52-15-13-50-11-2-3-29(45)8-9-30(35(48)49)41-33(46)26-4-6-27(7-5-26)38-23-28-24-39-32-31(40-28)34(47)43-36(37)42-32/h4-7,24,30,38H,2-3,8-23H2,1H3,(H,41,46)(H,48,49)(H3,37,39,42,43,47)/t30-/m0/s1. The van der Waals surface area contributed by atoms with Crippen LogP contribution in [0.3, 0.4) is 0 Å². The lowest BCUT2D eigenvalue weighted by Gasteiger charge is -2.14. The molecule has 19 nitrogen and oxygen atoms in total. The average Bonchev–Trinajstić information content (AvgIpc) is 3.16. The second-order valence-electron chi connectivity index (χ2n) is 12.1. The fourth-order valence-corrected chi connectivity index (χ4v) is 4.71. The number of hydrogen-bond donors (Lipinski definition) is 5. The van der Waals surface area contributed by atoms with Crippen molar-refractivity contribution in [1.29, 1.82) is 0 Å². The highest BCUT2D eigenvalue weighted by molar-refractivity contribution is 5.97. The number of nitrogens with zero attached hydrogens (tertiary/aromatic N) is 3. The Morgan fingerprint density at radius 1 is 0.782 bits per heavy atom. The molecule has 6 N–H and O–H groups in total. The topological polar surface area (TPSA) is 266 Å². The molecule has 0 fully saturated rings. The van der Waals surface area contributed by atoms with Gasteiger partial charge in [0.1, 0.15) is 17.6 Å². The maximum absolute atomic E-state index is 12.8. The Labute approximate surface area is 318 Å². The van der Waals surface area contributed by atoms with Crippen molar-refractivity contribution in [2.45, 2.75) is 51.6 Å². The molecule has 19 heteroatoms. The summed E-state index contributed by atoms with van der Waals surface area (Å²) in [5.74, 6) is -1.91. The number of nitrogen functional groups attached to an aromatic ring is 1. The van der Waals surface area contributed by atoms with Gasteiger partial charge in [-0.05, 0) is 44.0 Å². The molecule has 55 heavy (non-hydrogen) atoms. The van der Waals surface area contributed by atoms with Crippen LogP contribution in [-0.2, 0) is 49.3 Å². The number of carboxylic acid groups (broad SMARTS) is 1. The highest BCUT2D eigenvalue weighted by atomic mass is 16.6. The number of H-pyrrole nitrogens is 1. The summed E-state index contributed by atoms with van der Waals surface area (Å²) in [7, 11) is 0. The fourth-order valence-electron chi connectivity index (χ4n) is 4.71. The first-order chi connectivity index (χ1) is 26.6. The van der Waals surface area contributed by atoms with E-state index in [4.69, 9.17) is 34.2 Å². The first kappa shape index (κ1) is 44.5. The molecule has 0 unspecified atom stereocenters. The van der Waals surface area contributed by atoms with E-state index in [1.54, 1.807) is 12.1 Å². The zero-order chi connectivity index (χ0) is 39.7. The maximum atomic E-state index is 12.8. The molecular formula is C36H51N7O12. The molecule has 3 rings (SSSR count). The van der Waals surface area contributed by atoms with Crippen LogP contribution in [0.15, 0.2) is 35.3 Å². The lowest BCUT2D eigenvalue weighted by atomic mass is 10.1. The molecule has 1 atom stereocenters. The zero-order valence-corrected chi connectivity index (χ0v) is 31.0. The third kappa shape index (κ3) is 18.8. The number of nitrogens with one attached hydrogen (secondary N) is 3. The number of benzene rings is 1. The summed E-state index contributed by atoms with van der Waals surface area (Å²) < 4.78 is 32.4. The Kier molecular flexibility index (Phi) is 21.0. The molecule has 0 radical (unpaired) electrons. The average molecular weight is 774 g/mol. The normalized spacial score (nSPS) is 11.7. The summed E-state index contributed by atoms with van der Waals surface area (Å²) in [4.78, 5) is 74.5. The van der Waals surface area contributed by atoms with Crippen LogP contribution in [0.1, 0.15) is 55.1 Å². The summed E-state index contributed by atoms with van der Waals surface area (Å²) in [5.41, 5.74) is 6.57. The van der Waals surface area contributed by atoms with Gasteiger partial charge < -0.3 is 49.9 Å². The summed E-state index contributed by atoms with van der Waals surface area (Å²) in [6.45, 7) is 6.73. The third-order valence-corrected chi connectivity index (χ3v) is 7.62. The van der Waals surface area contributed by atoms with Gasteiger partial charge in [0.15, 0.2) is 11.2 Å². The number of fused-ring (bicyclic) bond motifs is 1. The van der Waals surface area contributed by atoms with Crippen molar-refractivity contribution in [1.82, 2.24) is 25.3 Å². The number of aromatic amines is 1. The van der Waals surface area contributed by atoms with E-state index in [1.807, 2.05) is 0 Å². The van der Waals surface area contributed by atoms with Crippen molar-refractivity contribution in [3.05, 3.63) is 52.1 Å². The van der Waals surface area contributed by atoms with Gasteiger partial charge in [-0.1, -0.05) is 0 Å². The molecule has 0 spiro atoms. The number of anilines is 2. The van der Waals surface area contributed by atoms with Gasteiger partial charge in [-0.2, -0.15) is 4.98 Å². The Morgan fingerprint density at radius 3 is 1.91 bits per heavy atom. The predicted molar refractivity (Wildman–Crippen MR) is 199 cm³/mol. The Balaban J connectivity index is 1.17. The molecule has 3 aromatic rings. The number of nitrogens with two attached hydrogens (primary N) is 1. The summed E-state index contributed by atoms with van der Waals surface area (Å²) in [6, 6.07) is 5.10. The van der Waals surface area contributed by atoms with Gasteiger partial charge in [-0.25, -0.2) is 14.8 Å². The van der Waals surface area contributed by atoms with Crippen LogP contribution >= 0.6 is 0 Å². The van der Waals surface area contributed by atoms with E-state index in [0.29, 0.717) is 104 Å². The van der Waals surface area contributed by atoms with Crippen LogP contribution in [0.5, 0.6) is 0 Å². The number of ether oxygens (including phenoxy) is 6. The minimum absolute atomic E-state index is 0.00548. The predicted octanol–water partition coefficient (Wildman–Crippen LogP) is 1.30. The van der Waals surface area contributed by atoms with Crippen molar-refractivity contribution < 1.29 is 52.7 Å². The first-order valence-electron chi connectivity index (χ1n) is 18.0. The quantitative estimate of drug-likeness (QED) is 0.0577. The lowest BCUT2D eigenvalue weighted by molar-refractivity contribution is -0.139. The molecule has 0 saturated heterocycles. The Hall–Kier alpha value is -4.92.